The van der Waals surface area contributed by atoms with E-state index in [-0.39, 0.29) is 23.3 Å². The highest BCUT2D eigenvalue weighted by molar-refractivity contribution is 5.94. The van der Waals surface area contributed by atoms with E-state index in [1.807, 2.05) is 0 Å². The summed E-state index contributed by atoms with van der Waals surface area (Å²) in [4.78, 5) is 35.6. The Morgan fingerprint density at radius 3 is 2.52 bits per heavy atom. The summed E-state index contributed by atoms with van der Waals surface area (Å²) >= 11 is 0. The summed E-state index contributed by atoms with van der Waals surface area (Å²) in [7, 11) is 0. The number of ether oxygens (including phenoxy) is 1. The van der Waals surface area contributed by atoms with Crippen LogP contribution in [-0.2, 0) is 9.53 Å². The molecule has 1 aromatic rings. The number of hydrogen-bond donors (Lipinski definition) is 1. The Balaban J connectivity index is 1.99. The molecule has 1 aromatic heterocycles. The van der Waals surface area contributed by atoms with Crippen LogP contribution in [0.15, 0.2) is 15.3 Å². The molecular formula is C17H23NO5. The van der Waals surface area contributed by atoms with Crippen molar-refractivity contribution in [1.29, 1.82) is 0 Å². The van der Waals surface area contributed by atoms with Crippen LogP contribution in [0.25, 0.3) is 0 Å². The van der Waals surface area contributed by atoms with Gasteiger partial charge in [0.25, 0.3) is 5.91 Å². The number of rotatable bonds is 4. The van der Waals surface area contributed by atoms with Gasteiger partial charge in [-0.15, -0.1) is 0 Å². The lowest BCUT2D eigenvalue weighted by atomic mass is 9.95. The van der Waals surface area contributed by atoms with Crippen molar-refractivity contribution in [2.45, 2.75) is 65.0 Å². The van der Waals surface area contributed by atoms with Gasteiger partial charge in [0.05, 0.1) is 0 Å². The van der Waals surface area contributed by atoms with Gasteiger partial charge < -0.3 is 14.5 Å². The molecular weight excluding hydrogens is 298 g/mol. The molecule has 1 N–H and O–H groups in total. The molecule has 1 heterocycles. The molecule has 126 valence electrons. The first kappa shape index (κ1) is 17.2. The van der Waals surface area contributed by atoms with E-state index in [1.165, 1.54) is 19.4 Å². The van der Waals surface area contributed by atoms with Crippen LogP contribution < -0.4 is 10.9 Å². The number of aryl methyl sites for hydroxylation is 2. The van der Waals surface area contributed by atoms with Gasteiger partial charge in [-0.25, -0.2) is 9.59 Å². The molecule has 2 rings (SSSR count). The van der Waals surface area contributed by atoms with Crippen molar-refractivity contribution in [2.24, 2.45) is 0 Å². The second-order valence-corrected chi connectivity index (χ2v) is 6.07. The third-order valence-electron chi connectivity index (χ3n) is 4.14. The summed E-state index contributed by atoms with van der Waals surface area (Å²) in [6.45, 7) is 4.70. The summed E-state index contributed by atoms with van der Waals surface area (Å²) in [5.74, 6) is -0.757. The quantitative estimate of drug-likeness (QED) is 0.860. The second-order valence-electron chi connectivity index (χ2n) is 6.07. The molecule has 0 aromatic carbocycles. The highest BCUT2D eigenvalue weighted by Crippen LogP contribution is 2.18. The van der Waals surface area contributed by atoms with Crippen LogP contribution in [0.5, 0.6) is 0 Å². The van der Waals surface area contributed by atoms with Crippen molar-refractivity contribution >= 4 is 11.9 Å². The number of carbonyl (C=O) groups excluding carboxylic acids is 2. The Bertz CT molecular complexity index is 617. The molecule has 1 fully saturated rings. The molecule has 1 aliphatic rings. The average Bonchev–Trinajstić information content (AvgIpc) is 2.47. The molecule has 0 radical (unpaired) electrons. The standard InChI is InChI=1S/C17H23NO5/c1-10-9-14(19)22-11(2)15(10)17(21)23-12(3)16(20)18-13-7-5-4-6-8-13/h9,12-13H,4-8H2,1-3H3,(H,18,20)/t12-/m0/s1. The van der Waals surface area contributed by atoms with Crippen LogP contribution >= 0.6 is 0 Å². The predicted molar refractivity (Wildman–Crippen MR) is 84.3 cm³/mol. The predicted octanol–water partition coefficient (Wildman–Crippen LogP) is 2.25. The molecule has 0 unspecified atom stereocenters. The lowest BCUT2D eigenvalue weighted by Crippen LogP contribution is -2.42. The maximum Gasteiger partial charge on any atom is 0.342 e. The fourth-order valence-electron chi connectivity index (χ4n) is 2.90. The van der Waals surface area contributed by atoms with Crippen LogP contribution in [0.4, 0.5) is 0 Å². The molecule has 23 heavy (non-hydrogen) atoms. The van der Waals surface area contributed by atoms with Gasteiger partial charge in [-0.05, 0) is 39.2 Å². The monoisotopic (exact) mass is 321 g/mol. The maximum atomic E-state index is 12.2. The zero-order valence-corrected chi connectivity index (χ0v) is 13.8. The van der Waals surface area contributed by atoms with Crippen molar-refractivity contribution in [3.05, 3.63) is 33.4 Å². The van der Waals surface area contributed by atoms with Gasteiger partial charge in [0.1, 0.15) is 11.3 Å². The third-order valence-corrected chi connectivity index (χ3v) is 4.14. The molecule has 0 bridgehead atoms. The normalized spacial score (nSPS) is 16.7. The Labute approximate surface area is 135 Å². The van der Waals surface area contributed by atoms with Crippen molar-refractivity contribution < 1.29 is 18.7 Å². The van der Waals surface area contributed by atoms with Gasteiger partial charge in [-0.1, -0.05) is 19.3 Å². The minimum atomic E-state index is -0.893. The first-order chi connectivity index (χ1) is 10.9. The summed E-state index contributed by atoms with van der Waals surface area (Å²) in [5.41, 5.74) is 0.158. The van der Waals surface area contributed by atoms with Crippen LogP contribution in [0.2, 0.25) is 0 Å². The Kier molecular flexibility index (Phi) is 5.58. The number of hydrogen-bond acceptors (Lipinski definition) is 5. The molecule has 1 aliphatic carbocycles. The smallest absolute Gasteiger partial charge is 0.342 e. The molecule has 0 spiro atoms. The van der Waals surface area contributed by atoms with Gasteiger partial charge in [0.2, 0.25) is 0 Å². The largest absolute Gasteiger partial charge is 0.449 e. The number of nitrogens with one attached hydrogen (secondary N) is 1. The molecule has 1 saturated carbocycles. The Morgan fingerprint density at radius 2 is 1.91 bits per heavy atom. The van der Waals surface area contributed by atoms with Crippen LogP contribution in [-0.4, -0.2) is 24.0 Å². The van der Waals surface area contributed by atoms with Gasteiger partial charge in [-0.2, -0.15) is 0 Å². The number of carbonyl (C=O) groups is 2. The minimum Gasteiger partial charge on any atom is -0.449 e. The molecule has 1 amide bonds. The van der Waals surface area contributed by atoms with E-state index in [0.29, 0.717) is 5.56 Å². The van der Waals surface area contributed by atoms with Crippen molar-refractivity contribution in [3.63, 3.8) is 0 Å². The summed E-state index contributed by atoms with van der Waals surface area (Å²) < 4.78 is 10.1. The number of esters is 1. The van der Waals surface area contributed by atoms with Gasteiger partial charge >= 0.3 is 11.6 Å². The van der Waals surface area contributed by atoms with Crippen LogP contribution in [0.1, 0.15) is 60.7 Å². The molecule has 0 saturated heterocycles. The van der Waals surface area contributed by atoms with Crippen molar-refractivity contribution in [2.75, 3.05) is 0 Å². The van der Waals surface area contributed by atoms with Crippen molar-refractivity contribution in [1.82, 2.24) is 5.32 Å². The van der Waals surface area contributed by atoms with Gasteiger partial charge in [-0.3, -0.25) is 4.79 Å². The fourth-order valence-corrected chi connectivity index (χ4v) is 2.90. The highest BCUT2D eigenvalue weighted by Gasteiger charge is 2.25. The zero-order chi connectivity index (χ0) is 17.0. The van der Waals surface area contributed by atoms with Gasteiger partial charge in [0, 0.05) is 12.1 Å². The fraction of sp³-hybridized carbons (Fsp3) is 0.588. The van der Waals surface area contributed by atoms with E-state index < -0.39 is 17.7 Å². The SMILES string of the molecule is Cc1cc(=O)oc(C)c1C(=O)O[C@@H](C)C(=O)NC1CCCCC1. The molecule has 6 nitrogen and oxygen atoms in total. The second kappa shape index (κ2) is 7.44. The summed E-state index contributed by atoms with van der Waals surface area (Å²) in [6, 6.07) is 1.40. The summed E-state index contributed by atoms with van der Waals surface area (Å²) in [5, 5.41) is 2.92. The van der Waals surface area contributed by atoms with Gasteiger partial charge in [0.15, 0.2) is 6.10 Å². The van der Waals surface area contributed by atoms with E-state index in [0.717, 1.165) is 25.7 Å². The van der Waals surface area contributed by atoms with Crippen molar-refractivity contribution in [3.8, 4) is 0 Å². The maximum absolute atomic E-state index is 12.2. The first-order valence-electron chi connectivity index (χ1n) is 8.01. The number of amides is 1. The van der Waals surface area contributed by atoms with E-state index >= 15 is 0 Å². The molecule has 6 heteroatoms. The topological polar surface area (TPSA) is 85.6 Å². The Hall–Kier alpha value is -2.11. The molecule has 1 atom stereocenters. The third kappa shape index (κ3) is 4.43. The first-order valence-corrected chi connectivity index (χ1v) is 8.01. The summed E-state index contributed by atoms with van der Waals surface area (Å²) in [6.07, 6.45) is 4.47. The lowest BCUT2D eigenvalue weighted by molar-refractivity contribution is -0.130. The molecule has 0 aliphatic heterocycles. The highest BCUT2D eigenvalue weighted by atomic mass is 16.5. The van der Waals surface area contributed by atoms with Crippen LogP contribution in [0, 0.1) is 13.8 Å². The van der Waals surface area contributed by atoms with E-state index in [9.17, 15) is 14.4 Å². The average molecular weight is 321 g/mol. The van der Waals surface area contributed by atoms with Crippen LogP contribution in [0.3, 0.4) is 0 Å². The zero-order valence-electron chi connectivity index (χ0n) is 13.8. The van der Waals surface area contributed by atoms with E-state index in [4.69, 9.17) is 9.15 Å². The lowest BCUT2D eigenvalue weighted by Gasteiger charge is -2.24. The minimum absolute atomic E-state index is 0.163. The van der Waals surface area contributed by atoms with E-state index in [2.05, 4.69) is 5.32 Å². The Morgan fingerprint density at radius 1 is 1.26 bits per heavy atom. The van der Waals surface area contributed by atoms with E-state index in [1.54, 1.807) is 13.8 Å².